The van der Waals surface area contributed by atoms with Gasteiger partial charge in [0.1, 0.15) is 11.6 Å². The van der Waals surface area contributed by atoms with Gasteiger partial charge in [-0.25, -0.2) is 14.4 Å². The van der Waals surface area contributed by atoms with Crippen LogP contribution < -0.4 is 15.4 Å². The number of amides is 1. The number of carbonyl (C=O) groups is 1. The van der Waals surface area contributed by atoms with Crippen molar-refractivity contribution in [3.63, 3.8) is 0 Å². The van der Waals surface area contributed by atoms with Crippen LogP contribution in [0.25, 0.3) is 22.4 Å². The Kier molecular flexibility index (Phi) is 6.28. The molecule has 178 valence electrons. The van der Waals surface area contributed by atoms with Crippen LogP contribution in [0, 0.1) is 5.82 Å². The van der Waals surface area contributed by atoms with Crippen molar-refractivity contribution in [1.29, 1.82) is 0 Å². The Bertz CT molecular complexity index is 1360. The van der Waals surface area contributed by atoms with Crippen molar-refractivity contribution < 1.29 is 13.9 Å². The van der Waals surface area contributed by atoms with E-state index in [2.05, 4.69) is 15.0 Å². The molecule has 0 unspecified atom stereocenters. The number of rotatable bonds is 5. The van der Waals surface area contributed by atoms with Gasteiger partial charge in [0, 0.05) is 36.8 Å². The molecular weight excluding hydrogens is 473 g/mol. The smallest absolute Gasteiger partial charge is 0.260 e. The zero-order valence-electron chi connectivity index (χ0n) is 18.6. The molecule has 5 rings (SSSR count). The Labute approximate surface area is 205 Å². The molecule has 0 bridgehead atoms. The zero-order chi connectivity index (χ0) is 24.4. The van der Waals surface area contributed by atoms with E-state index in [-0.39, 0.29) is 24.3 Å². The predicted molar refractivity (Wildman–Crippen MR) is 131 cm³/mol. The number of piperazine rings is 1. The van der Waals surface area contributed by atoms with E-state index >= 15 is 0 Å². The molecule has 2 aromatic carbocycles. The number of nitrogen functional groups attached to an aromatic ring is 1. The lowest BCUT2D eigenvalue weighted by Gasteiger charge is -2.35. The molecule has 3 heterocycles. The maximum absolute atomic E-state index is 13.0. The van der Waals surface area contributed by atoms with Crippen LogP contribution in [-0.2, 0) is 4.79 Å². The van der Waals surface area contributed by atoms with Gasteiger partial charge in [-0.05, 0) is 36.4 Å². The second kappa shape index (κ2) is 9.67. The molecule has 0 spiro atoms. The molecule has 1 saturated heterocycles. The standard InChI is InChI=1S/C24H21ClFN7O2/c25-16-3-1-15(2-4-16)19-13-28-22-21(29-19)23(31-24(27)30-22)33-11-9-32(10-12-33)20(34)14-35-18-7-5-17(26)6-8-18/h1-8,13H,9-12,14H2,(H2,27,28,30,31). The summed E-state index contributed by atoms with van der Waals surface area (Å²) in [6.45, 7) is 1.88. The fourth-order valence-electron chi connectivity index (χ4n) is 3.82. The van der Waals surface area contributed by atoms with Gasteiger partial charge in [0.15, 0.2) is 23.6 Å². The van der Waals surface area contributed by atoms with E-state index in [1.54, 1.807) is 23.2 Å². The fraction of sp³-hybridized carbons (Fsp3) is 0.208. The van der Waals surface area contributed by atoms with Gasteiger partial charge in [-0.1, -0.05) is 23.7 Å². The highest BCUT2D eigenvalue weighted by molar-refractivity contribution is 6.30. The number of anilines is 2. The fourth-order valence-corrected chi connectivity index (χ4v) is 3.95. The predicted octanol–water partition coefficient (Wildman–Crippen LogP) is 3.19. The van der Waals surface area contributed by atoms with Crippen LogP contribution in [0.3, 0.4) is 0 Å². The molecule has 1 amide bonds. The van der Waals surface area contributed by atoms with E-state index in [1.165, 1.54) is 24.3 Å². The highest BCUT2D eigenvalue weighted by Crippen LogP contribution is 2.27. The molecular formula is C24H21ClFN7O2. The third-order valence-corrected chi connectivity index (χ3v) is 5.91. The van der Waals surface area contributed by atoms with Gasteiger partial charge in [0.2, 0.25) is 5.95 Å². The monoisotopic (exact) mass is 493 g/mol. The second-order valence-electron chi connectivity index (χ2n) is 7.95. The van der Waals surface area contributed by atoms with Gasteiger partial charge < -0.3 is 20.3 Å². The summed E-state index contributed by atoms with van der Waals surface area (Å²) >= 11 is 6.00. The average Bonchev–Trinajstić information content (AvgIpc) is 2.88. The minimum absolute atomic E-state index is 0.104. The van der Waals surface area contributed by atoms with Crippen LogP contribution in [-0.4, -0.2) is 63.5 Å². The highest BCUT2D eigenvalue weighted by Gasteiger charge is 2.25. The quantitative estimate of drug-likeness (QED) is 0.451. The lowest BCUT2D eigenvalue weighted by Crippen LogP contribution is -2.50. The largest absolute Gasteiger partial charge is 0.484 e. The SMILES string of the molecule is Nc1nc(N2CCN(C(=O)COc3ccc(F)cc3)CC2)c2nc(-c3ccc(Cl)cc3)cnc2n1. The summed E-state index contributed by atoms with van der Waals surface area (Å²) in [7, 11) is 0. The first kappa shape index (κ1) is 22.7. The Morgan fingerprint density at radius 1 is 1.00 bits per heavy atom. The van der Waals surface area contributed by atoms with E-state index in [4.69, 9.17) is 27.1 Å². The molecule has 2 N–H and O–H groups in total. The van der Waals surface area contributed by atoms with Crippen LogP contribution in [0.5, 0.6) is 5.75 Å². The molecule has 1 fully saturated rings. The molecule has 1 aliphatic rings. The van der Waals surface area contributed by atoms with Crippen molar-refractivity contribution >= 4 is 40.4 Å². The minimum atomic E-state index is -0.359. The van der Waals surface area contributed by atoms with Gasteiger partial charge in [-0.2, -0.15) is 9.97 Å². The molecule has 9 nitrogen and oxygen atoms in total. The number of hydrogen-bond donors (Lipinski definition) is 1. The lowest BCUT2D eigenvalue weighted by molar-refractivity contribution is -0.133. The highest BCUT2D eigenvalue weighted by atomic mass is 35.5. The molecule has 11 heteroatoms. The summed E-state index contributed by atoms with van der Waals surface area (Å²) < 4.78 is 18.5. The first-order valence-corrected chi connectivity index (χ1v) is 11.3. The van der Waals surface area contributed by atoms with E-state index in [0.29, 0.717) is 59.6 Å². The van der Waals surface area contributed by atoms with Crippen LogP contribution in [0.1, 0.15) is 0 Å². The average molecular weight is 494 g/mol. The molecule has 2 aromatic heterocycles. The van der Waals surface area contributed by atoms with Crippen LogP contribution in [0.4, 0.5) is 16.2 Å². The Morgan fingerprint density at radius 2 is 1.71 bits per heavy atom. The van der Waals surface area contributed by atoms with Crippen molar-refractivity contribution in [3.8, 4) is 17.0 Å². The number of nitrogens with zero attached hydrogens (tertiary/aromatic N) is 6. The summed E-state index contributed by atoms with van der Waals surface area (Å²) in [5.41, 5.74) is 8.40. The molecule has 0 aliphatic carbocycles. The number of aromatic nitrogens is 4. The summed E-state index contributed by atoms with van der Waals surface area (Å²) in [6, 6.07) is 12.9. The van der Waals surface area contributed by atoms with Crippen LogP contribution >= 0.6 is 11.6 Å². The summed E-state index contributed by atoms with van der Waals surface area (Å²) in [5.74, 6) is 0.614. The molecule has 4 aromatic rings. The van der Waals surface area contributed by atoms with Crippen molar-refractivity contribution in [2.75, 3.05) is 43.4 Å². The van der Waals surface area contributed by atoms with Gasteiger partial charge in [0.25, 0.3) is 5.91 Å². The number of benzene rings is 2. The first-order chi connectivity index (χ1) is 17.0. The van der Waals surface area contributed by atoms with Gasteiger partial charge in [-0.3, -0.25) is 4.79 Å². The summed E-state index contributed by atoms with van der Waals surface area (Å²) in [4.78, 5) is 34.2. The number of carbonyl (C=O) groups excluding carboxylic acids is 1. The second-order valence-corrected chi connectivity index (χ2v) is 8.39. The van der Waals surface area contributed by atoms with Gasteiger partial charge >= 0.3 is 0 Å². The molecule has 0 saturated carbocycles. The van der Waals surface area contributed by atoms with E-state index < -0.39 is 0 Å². The minimum Gasteiger partial charge on any atom is -0.484 e. The van der Waals surface area contributed by atoms with Crippen molar-refractivity contribution in [3.05, 3.63) is 65.6 Å². The summed E-state index contributed by atoms with van der Waals surface area (Å²) in [5, 5.41) is 0.634. The Balaban J connectivity index is 1.30. The lowest BCUT2D eigenvalue weighted by atomic mass is 10.1. The van der Waals surface area contributed by atoms with Crippen LogP contribution in [0.15, 0.2) is 54.7 Å². The number of halogens is 2. The Hall–Kier alpha value is -4.05. The topological polar surface area (TPSA) is 110 Å². The Morgan fingerprint density at radius 3 is 2.43 bits per heavy atom. The number of hydrogen-bond acceptors (Lipinski definition) is 8. The third-order valence-electron chi connectivity index (χ3n) is 5.65. The van der Waals surface area contributed by atoms with Gasteiger partial charge in [0.05, 0.1) is 11.9 Å². The first-order valence-electron chi connectivity index (χ1n) is 10.9. The number of nitrogens with two attached hydrogens (primary N) is 1. The van der Waals surface area contributed by atoms with E-state index in [1.807, 2.05) is 17.0 Å². The van der Waals surface area contributed by atoms with Crippen molar-refractivity contribution in [2.45, 2.75) is 0 Å². The number of ether oxygens (including phenoxy) is 1. The molecule has 0 atom stereocenters. The maximum atomic E-state index is 13.0. The molecule has 35 heavy (non-hydrogen) atoms. The van der Waals surface area contributed by atoms with E-state index in [0.717, 1.165) is 5.56 Å². The van der Waals surface area contributed by atoms with Crippen molar-refractivity contribution in [1.82, 2.24) is 24.8 Å². The van der Waals surface area contributed by atoms with Gasteiger partial charge in [-0.15, -0.1) is 0 Å². The normalized spacial score (nSPS) is 13.8. The summed E-state index contributed by atoms with van der Waals surface area (Å²) in [6.07, 6.45) is 1.64. The molecule has 1 aliphatic heterocycles. The maximum Gasteiger partial charge on any atom is 0.260 e. The zero-order valence-corrected chi connectivity index (χ0v) is 19.3. The number of fused-ring (bicyclic) bond motifs is 1. The third kappa shape index (κ3) is 5.07. The van der Waals surface area contributed by atoms with E-state index in [9.17, 15) is 9.18 Å². The van der Waals surface area contributed by atoms with Crippen molar-refractivity contribution in [2.24, 2.45) is 0 Å². The van der Waals surface area contributed by atoms with Crippen LogP contribution in [0.2, 0.25) is 5.02 Å². The molecule has 0 radical (unpaired) electrons.